The van der Waals surface area contributed by atoms with E-state index < -0.39 is 0 Å². The number of thiocarbonyl (C=S) groups is 1. The Hall–Kier alpha value is -1.29. The lowest BCUT2D eigenvalue weighted by Gasteiger charge is -2.24. The Bertz CT molecular complexity index is 356. The van der Waals surface area contributed by atoms with Crippen LogP contribution in [0, 0.1) is 5.92 Å². The van der Waals surface area contributed by atoms with Crippen LogP contribution in [-0.2, 0) is 4.79 Å². The molecule has 0 aromatic carbocycles. The number of hydrogen-bond donors (Lipinski definition) is 1. The van der Waals surface area contributed by atoms with Crippen LogP contribution in [0.2, 0.25) is 0 Å². The molecule has 0 bridgehead atoms. The van der Waals surface area contributed by atoms with Crippen LogP contribution >= 0.6 is 12.2 Å². The first-order chi connectivity index (χ1) is 9.20. The van der Waals surface area contributed by atoms with Crippen LogP contribution in [0.5, 0.6) is 0 Å². The Morgan fingerprint density at radius 1 is 1.53 bits per heavy atom. The van der Waals surface area contributed by atoms with Gasteiger partial charge in [0, 0.05) is 25.4 Å². The molecule has 19 heavy (non-hydrogen) atoms. The summed E-state index contributed by atoms with van der Waals surface area (Å²) in [5.41, 5.74) is 1.27. The molecule has 0 saturated carbocycles. The van der Waals surface area contributed by atoms with Gasteiger partial charge in [-0.3, -0.25) is 4.98 Å². The fraction of sp³-hybridized carbons (Fsp3) is 0.533. The van der Waals surface area contributed by atoms with Crippen molar-refractivity contribution in [2.24, 2.45) is 5.92 Å². The maximum absolute atomic E-state index is 8.00. The van der Waals surface area contributed by atoms with Crippen molar-refractivity contribution in [1.82, 2.24) is 10.3 Å². The molecule has 0 spiro atoms. The highest BCUT2D eigenvalue weighted by molar-refractivity contribution is 7.80. The van der Waals surface area contributed by atoms with Gasteiger partial charge in [0.15, 0.2) is 0 Å². The zero-order valence-corrected chi connectivity index (χ0v) is 12.9. The second-order valence-electron chi connectivity index (χ2n) is 4.44. The number of carbonyl (C=O) groups is 1. The summed E-state index contributed by atoms with van der Waals surface area (Å²) in [6.45, 7) is 6.45. The molecule has 0 aliphatic heterocycles. The predicted molar refractivity (Wildman–Crippen MR) is 84.4 cm³/mol. The van der Waals surface area contributed by atoms with Gasteiger partial charge >= 0.3 is 0 Å². The average molecular weight is 280 g/mol. The van der Waals surface area contributed by atoms with E-state index in [0.717, 1.165) is 11.4 Å². The maximum atomic E-state index is 8.00. The standard InChI is InChI=1S/C14H22N2S.CH2O/c1-4-5-8-13(14(17)15-3)11(2)12-7-6-9-16-10-12;1-2/h6-7,9-11,13H,4-5,8H2,1-3H3,(H,15,17);1H2. The molecule has 0 saturated heterocycles. The van der Waals surface area contributed by atoms with Crippen molar-refractivity contribution in [3.63, 3.8) is 0 Å². The van der Waals surface area contributed by atoms with Crippen molar-refractivity contribution in [2.45, 2.75) is 39.0 Å². The van der Waals surface area contributed by atoms with Gasteiger partial charge in [-0.1, -0.05) is 45.0 Å². The number of nitrogens with one attached hydrogen (secondary N) is 1. The van der Waals surface area contributed by atoms with Gasteiger partial charge in [-0.15, -0.1) is 0 Å². The van der Waals surface area contributed by atoms with Crippen molar-refractivity contribution in [1.29, 1.82) is 0 Å². The summed E-state index contributed by atoms with van der Waals surface area (Å²) in [6, 6.07) is 4.13. The number of rotatable bonds is 6. The molecule has 1 heterocycles. The van der Waals surface area contributed by atoms with Gasteiger partial charge in [0.2, 0.25) is 0 Å². The zero-order chi connectivity index (χ0) is 14.7. The number of pyridine rings is 1. The van der Waals surface area contributed by atoms with Gasteiger partial charge < -0.3 is 10.1 Å². The van der Waals surface area contributed by atoms with Gasteiger partial charge in [-0.25, -0.2) is 0 Å². The lowest BCUT2D eigenvalue weighted by Crippen LogP contribution is -2.29. The minimum atomic E-state index is 0.416. The molecule has 4 heteroatoms. The molecule has 3 nitrogen and oxygen atoms in total. The third kappa shape index (κ3) is 5.92. The van der Waals surface area contributed by atoms with Crippen LogP contribution in [0.25, 0.3) is 0 Å². The monoisotopic (exact) mass is 280 g/mol. The highest BCUT2D eigenvalue weighted by atomic mass is 32.1. The summed E-state index contributed by atoms with van der Waals surface area (Å²) in [5.74, 6) is 0.842. The molecule has 2 unspecified atom stereocenters. The van der Waals surface area contributed by atoms with E-state index >= 15 is 0 Å². The van der Waals surface area contributed by atoms with Crippen LogP contribution in [0.4, 0.5) is 0 Å². The largest absolute Gasteiger partial charge is 0.382 e. The lowest BCUT2D eigenvalue weighted by atomic mass is 9.84. The SMILES string of the molecule is C=O.CCCCC(C(=S)NC)C(C)c1cccnc1. The van der Waals surface area contributed by atoms with Gasteiger partial charge in [-0.05, 0) is 24.0 Å². The van der Waals surface area contributed by atoms with E-state index in [9.17, 15) is 0 Å². The molecule has 1 aromatic rings. The van der Waals surface area contributed by atoms with Gasteiger partial charge in [0.25, 0.3) is 0 Å². The zero-order valence-electron chi connectivity index (χ0n) is 12.1. The Morgan fingerprint density at radius 3 is 2.68 bits per heavy atom. The normalized spacial score (nSPS) is 12.8. The first-order valence-electron chi connectivity index (χ1n) is 6.61. The minimum absolute atomic E-state index is 0.416. The molecular weight excluding hydrogens is 256 g/mol. The van der Waals surface area contributed by atoms with E-state index in [0.29, 0.717) is 11.8 Å². The molecule has 2 atom stereocenters. The average Bonchev–Trinajstić information content (AvgIpc) is 2.50. The summed E-state index contributed by atoms with van der Waals surface area (Å²) in [7, 11) is 1.91. The van der Waals surface area contributed by atoms with Crippen molar-refractivity contribution >= 4 is 24.0 Å². The van der Waals surface area contributed by atoms with Crippen molar-refractivity contribution in [2.75, 3.05) is 7.05 Å². The van der Waals surface area contributed by atoms with Crippen LogP contribution in [0.1, 0.15) is 44.6 Å². The number of unbranched alkanes of at least 4 members (excludes halogenated alkanes) is 1. The lowest BCUT2D eigenvalue weighted by molar-refractivity contribution is -0.0979. The first kappa shape index (κ1) is 17.7. The van der Waals surface area contributed by atoms with Crippen molar-refractivity contribution in [3.8, 4) is 0 Å². The van der Waals surface area contributed by atoms with Crippen molar-refractivity contribution in [3.05, 3.63) is 30.1 Å². The highest BCUT2D eigenvalue weighted by Crippen LogP contribution is 2.28. The summed E-state index contributed by atoms with van der Waals surface area (Å²) in [6.07, 6.45) is 7.33. The summed E-state index contributed by atoms with van der Waals surface area (Å²) < 4.78 is 0. The topological polar surface area (TPSA) is 42.0 Å². The van der Waals surface area contributed by atoms with Gasteiger partial charge in [0.1, 0.15) is 6.79 Å². The highest BCUT2D eigenvalue weighted by Gasteiger charge is 2.22. The Morgan fingerprint density at radius 2 is 2.21 bits per heavy atom. The summed E-state index contributed by atoms with van der Waals surface area (Å²) in [5, 5.41) is 3.14. The fourth-order valence-corrected chi connectivity index (χ4v) is 2.42. The van der Waals surface area contributed by atoms with Crippen molar-refractivity contribution < 1.29 is 4.79 Å². The van der Waals surface area contributed by atoms with E-state index in [4.69, 9.17) is 17.0 Å². The van der Waals surface area contributed by atoms with Gasteiger partial charge in [-0.2, -0.15) is 0 Å². The molecular formula is C15H24N2OS. The molecule has 0 fully saturated rings. The number of nitrogens with zero attached hydrogens (tertiary/aromatic N) is 1. The van der Waals surface area contributed by atoms with E-state index in [-0.39, 0.29) is 0 Å². The predicted octanol–water partition coefficient (Wildman–Crippen LogP) is 3.35. The molecule has 0 aliphatic carbocycles. The smallest absolute Gasteiger partial charge is 0.106 e. The molecule has 106 valence electrons. The second-order valence-corrected chi connectivity index (χ2v) is 4.88. The number of carbonyl (C=O) groups excluding carboxylic acids is 1. The molecule has 0 radical (unpaired) electrons. The molecule has 1 rings (SSSR count). The van der Waals surface area contributed by atoms with Crippen LogP contribution in [-0.4, -0.2) is 23.8 Å². The van der Waals surface area contributed by atoms with Crippen LogP contribution in [0.15, 0.2) is 24.5 Å². The minimum Gasteiger partial charge on any atom is -0.382 e. The number of hydrogen-bond acceptors (Lipinski definition) is 3. The third-order valence-corrected chi connectivity index (χ3v) is 3.77. The quantitative estimate of drug-likeness (QED) is 0.811. The number of aromatic nitrogens is 1. The molecule has 0 aliphatic rings. The van der Waals surface area contributed by atoms with E-state index in [1.54, 1.807) is 0 Å². The first-order valence-corrected chi connectivity index (χ1v) is 7.01. The maximum Gasteiger partial charge on any atom is 0.106 e. The van der Waals surface area contributed by atoms with Crippen LogP contribution in [0.3, 0.4) is 0 Å². The Labute approximate surface area is 121 Å². The third-order valence-electron chi connectivity index (χ3n) is 3.27. The summed E-state index contributed by atoms with van der Waals surface area (Å²) >= 11 is 5.43. The van der Waals surface area contributed by atoms with Crippen LogP contribution < -0.4 is 5.32 Å². The molecule has 1 N–H and O–H groups in total. The van der Waals surface area contributed by atoms with E-state index in [1.165, 1.54) is 18.4 Å². The summed E-state index contributed by atoms with van der Waals surface area (Å²) in [4.78, 5) is 13.2. The second kappa shape index (κ2) is 10.6. The molecule has 0 amide bonds. The molecule has 1 aromatic heterocycles. The Balaban J connectivity index is 0.00000154. The van der Waals surface area contributed by atoms with E-state index in [1.807, 2.05) is 32.3 Å². The van der Waals surface area contributed by atoms with E-state index in [2.05, 4.69) is 30.2 Å². The fourth-order valence-electron chi connectivity index (χ4n) is 2.10. The Kier molecular flexibility index (Phi) is 9.90. The van der Waals surface area contributed by atoms with Gasteiger partial charge in [0.05, 0.1) is 4.99 Å².